The van der Waals surface area contributed by atoms with Gasteiger partial charge in [0.2, 0.25) is 10.0 Å². The van der Waals surface area contributed by atoms with E-state index < -0.39 is 45.5 Å². The lowest BCUT2D eigenvalue weighted by Crippen LogP contribution is -2.63. The minimum atomic E-state index is -4.33. The van der Waals surface area contributed by atoms with Gasteiger partial charge in [0.25, 0.3) is 11.8 Å². The van der Waals surface area contributed by atoms with Gasteiger partial charge >= 0.3 is 0 Å². The summed E-state index contributed by atoms with van der Waals surface area (Å²) in [6.45, 7) is -0.0720. The first kappa shape index (κ1) is 23.7. The van der Waals surface area contributed by atoms with Crippen molar-refractivity contribution in [3.63, 3.8) is 0 Å². The van der Waals surface area contributed by atoms with E-state index in [9.17, 15) is 31.2 Å². The average molecular weight is 470 g/mol. The van der Waals surface area contributed by atoms with Gasteiger partial charge in [-0.2, -0.15) is 4.31 Å². The maximum absolute atomic E-state index is 13.7. The Morgan fingerprint density at radius 2 is 1.62 bits per heavy atom. The SMILES string of the molecule is NCCNC(=O)C1N(C(=O)c2cc(F)cc(F)c2)CCCN1S(=O)(=O)c1ccc(F)cc1. The molecule has 172 valence electrons. The van der Waals surface area contributed by atoms with Crippen LogP contribution in [0.1, 0.15) is 16.8 Å². The van der Waals surface area contributed by atoms with E-state index in [1.807, 2.05) is 0 Å². The molecule has 1 saturated heterocycles. The van der Waals surface area contributed by atoms with Crippen molar-refractivity contribution >= 4 is 21.8 Å². The molecule has 1 fully saturated rings. The predicted molar refractivity (Wildman–Crippen MR) is 108 cm³/mol. The Hall–Kier alpha value is -2.96. The van der Waals surface area contributed by atoms with Gasteiger partial charge in [0.1, 0.15) is 17.5 Å². The monoisotopic (exact) mass is 470 g/mol. The summed E-state index contributed by atoms with van der Waals surface area (Å²) < 4.78 is 67.9. The zero-order valence-electron chi connectivity index (χ0n) is 16.8. The average Bonchev–Trinajstić information content (AvgIpc) is 2.76. The Bertz CT molecular complexity index is 1090. The molecule has 0 aliphatic carbocycles. The van der Waals surface area contributed by atoms with E-state index in [0.29, 0.717) is 6.07 Å². The van der Waals surface area contributed by atoms with E-state index in [2.05, 4.69) is 5.32 Å². The number of carbonyl (C=O) groups excluding carboxylic acids is 2. The first-order valence-electron chi connectivity index (χ1n) is 9.67. The van der Waals surface area contributed by atoms with Crippen LogP contribution in [0.15, 0.2) is 47.4 Å². The van der Waals surface area contributed by atoms with Crippen LogP contribution >= 0.6 is 0 Å². The maximum atomic E-state index is 13.7. The van der Waals surface area contributed by atoms with Crippen LogP contribution < -0.4 is 11.1 Å². The molecule has 32 heavy (non-hydrogen) atoms. The molecule has 12 heteroatoms. The molecule has 1 unspecified atom stereocenters. The molecule has 0 spiro atoms. The van der Waals surface area contributed by atoms with Crippen LogP contribution in [0, 0.1) is 17.5 Å². The maximum Gasteiger partial charge on any atom is 0.259 e. The lowest BCUT2D eigenvalue weighted by molar-refractivity contribution is -0.130. The van der Waals surface area contributed by atoms with E-state index in [1.54, 1.807) is 0 Å². The number of benzene rings is 2. The van der Waals surface area contributed by atoms with Crippen molar-refractivity contribution in [2.75, 3.05) is 26.2 Å². The van der Waals surface area contributed by atoms with Crippen molar-refractivity contribution in [1.29, 1.82) is 0 Å². The third kappa shape index (κ3) is 4.92. The van der Waals surface area contributed by atoms with Gasteiger partial charge in [-0.25, -0.2) is 21.6 Å². The third-order valence-corrected chi connectivity index (χ3v) is 6.68. The molecule has 3 N–H and O–H groups in total. The molecule has 1 heterocycles. The number of hydrogen-bond acceptors (Lipinski definition) is 5. The van der Waals surface area contributed by atoms with Crippen LogP contribution in [-0.4, -0.2) is 61.8 Å². The smallest absolute Gasteiger partial charge is 0.259 e. The second-order valence-corrected chi connectivity index (χ2v) is 8.92. The molecule has 1 aliphatic rings. The highest BCUT2D eigenvalue weighted by molar-refractivity contribution is 7.89. The number of nitrogens with one attached hydrogen (secondary N) is 1. The largest absolute Gasteiger partial charge is 0.352 e. The summed E-state index contributed by atoms with van der Waals surface area (Å²) in [7, 11) is -4.33. The van der Waals surface area contributed by atoms with Crippen molar-refractivity contribution in [3.05, 3.63) is 65.5 Å². The molecule has 3 rings (SSSR count). The molecule has 1 aliphatic heterocycles. The molecule has 0 aromatic heterocycles. The summed E-state index contributed by atoms with van der Waals surface area (Å²) in [5.41, 5.74) is 5.03. The first-order chi connectivity index (χ1) is 15.1. The van der Waals surface area contributed by atoms with Crippen molar-refractivity contribution in [2.45, 2.75) is 17.5 Å². The highest BCUT2D eigenvalue weighted by Crippen LogP contribution is 2.26. The third-order valence-electron chi connectivity index (χ3n) is 4.81. The molecule has 8 nitrogen and oxygen atoms in total. The van der Waals surface area contributed by atoms with Gasteiger partial charge < -0.3 is 16.0 Å². The summed E-state index contributed by atoms with van der Waals surface area (Å²) in [4.78, 5) is 26.6. The van der Waals surface area contributed by atoms with Gasteiger partial charge in [-0.05, 0) is 42.8 Å². The zero-order chi connectivity index (χ0) is 23.5. The quantitative estimate of drug-likeness (QED) is 0.655. The fraction of sp³-hybridized carbons (Fsp3) is 0.300. The van der Waals surface area contributed by atoms with Crippen LogP contribution in [0.3, 0.4) is 0 Å². The molecule has 2 amide bonds. The fourth-order valence-electron chi connectivity index (χ4n) is 3.41. The highest BCUT2D eigenvalue weighted by atomic mass is 32.2. The van der Waals surface area contributed by atoms with Crippen LogP contribution in [0.4, 0.5) is 13.2 Å². The summed E-state index contributed by atoms with van der Waals surface area (Å²) in [5.74, 6) is -4.39. The van der Waals surface area contributed by atoms with Crippen LogP contribution in [-0.2, 0) is 14.8 Å². The topological polar surface area (TPSA) is 113 Å². The van der Waals surface area contributed by atoms with Crippen LogP contribution in [0.2, 0.25) is 0 Å². The van der Waals surface area contributed by atoms with Gasteiger partial charge in [-0.3, -0.25) is 9.59 Å². The second kappa shape index (κ2) is 9.67. The van der Waals surface area contributed by atoms with Crippen LogP contribution in [0.5, 0.6) is 0 Å². The first-order valence-corrected chi connectivity index (χ1v) is 11.1. The van der Waals surface area contributed by atoms with Gasteiger partial charge in [0.05, 0.1) is 4.90 Å². The van der Waals surface area contributed by atoms with Crippen molar-refractivity contribution in [2.24, 2.45) is 5.73 Å². The van der Waals surface area contributed by atoms with Gasteiger partial charge in [-0.1, -0.05) is 0 Å². The minimum absolute atomic E-state index is 0.0103. The Kier molecular flexibility index (Phi) is 7.16. The molecule has 1 atom stereocenters. The Morgan fingerprint density at radius 1 is 1.00 bits per heavy atom. The summed E-state index contributed by atoms with van der Waals surface area (Å²) >= 11 is 0. The van der Waals surface area contributed by atoms with E-state index >= 15 is 0 Å². The number of rotatable bonds is 6. The van der Waals surface area contributed by atoms with Gasteiger partial charge in [-0.15, -0.1) is 0 Å². The number of halogens is 3. The molecular formula is C20H21F3N4O4S. The molecule has 0 saturated carbocycles. The van der Waals surface area contributed by atoms with Crippen molar-refractivity contribution in [3.8, 4) is 0 Å². The van der Waals surface area contributed by atoms with E-state index in [4.69, 9.17) is 5.73 Å². The Labute approximate surface area is 182 Å². The van der Waals surface area contributed by atoms with Gasteiger partial charge in [0.15, 0.2) is 6.17 Å². The van der Waals surface area contributed by atoms with Crippen molar-refractivity contribution < 1.29 is 31.2 Å². The predicted octanol–water partition coefficient (Wildman–Crippen LogP) is 1.04. The van der Waals surface area contributed by atoms with Gasteiger partial charge in [0, 0.05) is 37.8 Å². The number of sulfonamides is 1. The zero-order valence-corrected chi connectivity index (χ0v) is 17.6. The van der Waals surface area contributed by atoms with E-state index in [0.717, 1.165) is 45.6 Å². The number of hydrogen-bond donors (Lipinski definition) is 2. The standard InChI is InChI=1S/C20H21F3N4O4S/c21-14-2-4-17(5-3-14)32(30,31)27-9-1-8-26(19(27)18(28)25-7-6-24)20(29)13-10-15(22)12-16(23)11-13/h2-5,10-12,19H,1,6-9,24H2,(H,25,28). The fourth-order valence-corrected chi connectivity index (χ4v) is 5.00. The highest BCUT2D eigenvalue weighted by Gasteiger charge is 2.44. The molecule has 0 radical (unpaired) electrons. The molecule has 2 aromatic rings. The second-order valence-electron chi connectivity index (χ2n) is 7.03. The van der Waals surface area contributed by atoms with Crippen LogP contribution in [0.25, 0.3) is 0 Å². The molecule has 2 aromatic carbocycles. The van der Waals surface area contributed by atoms with E-state index in [-0.39, 0.29) is 43.1 Å². The summed E-state index contributed by atoms with van der Waals surface area (Å²) in [5, 5.41) is 2.45. The summed E-state index contributed by atoms with van der Waals surface area (Å²) in [6.07, 6.45) is -1.48. The lowest BCUT2D eigenvalue weighted by Gasteiger charge is -2.41. The minimum Gasteiger partial charge on any atom is -0.352 e. The Morgan fingerprint density at radius 3 is 2.22 bits per heavy atom. The Balaban J connectivity index is 2.04. The van der Waals surface area contributed by atoms with Crippen molar-refractivity contribution in [1.82, 2.24) is 14.5 Å². The molecular weight excluding hydrogens is 449 g/mol. The number of nitrogens with zero attached hydrogens (tertiary/aromatic N) is 2. The number of amides is 2. The summed E-state index contributed by atoms with van der Waals surface area (Å²) in [6, 6.07) is 6.19. The lowest BCUT2D eigenvalue weighted by atomic mass is 10.1. The molecule has 0 bridgehead atoms. The normalized spacial score (nSPS) is 17.2. The number of carbonyl (C=O) groups is 2. The van der Waals surface area contributed by atoms with E-state index in [1.165, 1.54) is 0 Å². The number of nitrogens with two attached hydrogens (primary N) is 1.